The molecule has 0 atom stereocenters. The maximum Gasteiger partial charge on any atom is 0.342 e. The molecule has 0 saturated carbocycles. The van der Waals surface area contributed by atoms with E-state index in [0.717, 1.165) is 11.8 Å². The van der Waals surface area contributed by atoms with Crippen molar-refractivity contribution in [3.05, 3.63) is 47.3 Å². The number of benzene rings is 1. The molecule has 0 aliphatic heterocycles. The first kappa shape index (κ1) is 17.6. The molecule has 26 heavy (non-hydrogen) atoms. The zero-order valence-electron chi connectivity index (χ0n) is 13.8. The van der Waals surface area contributed by atoms with E-state index in [1.165, 1.54) is 26.6 Å². The van der Waals surface area contributed by atoms with E-state index in [2.05, 4.69) is 10.2 Å². The molecule has 0 radical (unpaired) electrons. The summed E-state index contributed by atoms with van der Waals surface area (Å²) < 4.78 is 21.1. The third-order valence-corrected chi connectivity index (χ3v) is 4.08. The zero-order valence-corrected chi connectivity index (χ0v) is 14.6. The summed E-state index contributed by atoms with van der Waals surface area (Å²) in [5.74, 6) is 0.625. The monoisotopic (exact) mass is 374 g/mol. The van der Waals surface area contributed by atoms with Gasteiger partial charge in [0, 0.05) is 17.7 Å². The van der Waals surface area contributed by atoms with Crippen molar-refractivity contribution in [3.63, 3.8) is 0 Å². The van der Waals surface area contributed by atoms with Gasteiger partial charge in [-0.1, -0.05) is 0 Å². The van der Waals surface area contributed by atoms with Crippen LogP contribution in [0.4, 0.5) is 0 Å². The van der Waals surface area contributed by atoms with E-state index in [4.69, 9.17) is 18.3 Å². The van der Waals surface area contributed by atoms with Gasteiger partial charge in [0.05, 0.1) is 20.5 Å². The molecule has 3 aromatic rings. The predicted octanol–water partition coefficient (Wildman–Crippen LogP) is 3.56. The van der Waals surface area contributed by atoms with Crippen LogP contribution in [0.1, 0.15) is 5.76 Å². The van der Waals surface area contributed by atoms with Crippen LogP contribution < -0.4 is 9.47 Å². The Bertz CT molecular complexity index is 910. The van der Waals surface area contributed by atoms with Crippen molar-refractivity contribution < 1.29 is 28.2 Å². The molecular formula is C17H14N2O6S. The standard InChI is InChI=1S/C17H14N2O6S/c1-22-12-6-10(7-13(8-12)23-2)15-18-19-17(25-15)26-14(16(20)21)9-11-4-3-5-24-11/h3-9H,1-2H3,(H,20,21)/b14-9-. The minimum atomic E-state index is -1.13. The quantitative estimate of drug-likeness (QED) is 0.490. The summed E-state index contributed by atoms with van der Waals surface area (Å²) >= 11 is 0.829. The Hall–Kier alpha value is -3.20. The number of rotatable bonds is 7. The number of aliphatic carboxylic acids is 1. The van der Waals surface area contributed by atoms with Gasteiger partial charge in [-0.2, -0.15) is 0 Å². The van der Waals surface area contributed by atoms with Gasteiger partial charge in [-0.25, -0.2) is 4.79 Å². The van der Waals surface area contributed by atoms with Crippen molar-refractivity contribution in [2.45, 2.75) is 5.22 Å². The normalized spacial score (nSPS) is 11.4. The number of carbonyl (C=O) groups is 1. The number of thioether (sulfide) groups is 1. The molecule has 8 nitrogen and oxygen atoms in total. The number of methoxy groups -OCH3 is 2. The molecule has 0 unspecified atom stereocenters. The van der Waals surface area contributed by atoms with Crippen LogP contribution in [0.2, 0.25) is 0 Å². The SMILES string of the molecule is COc1cc(OC)cc(-c2nnc(S/C(=C\c3ccco3)C(=O)O)o2)c1. The van der Waals surface area contributed by atoms with Gasteiger partial charge in [-0.05, 0) is 36.0 Å². The summed E-state index contributed by atoms with van der Waals surface area (Å²) in [7, 11) is 3.07. The highest BCUT2D eigenvalue weighted by atomic mass is 32.2. The number of nitrogens with zero attached hydrogens (tertiary/aromatic N) is 2. The van der Waals surface area contributed by atoms with Gasteiger partial charge < -0.3 is 23.4 Å². The van der Waals surface area contributed by atoms with Gasteiger partial charge in [-0.3, -0.25) is 0 Å². The molecular weight excluding hydrogens is 360 g/mol. The Kier molecular flexibility index (Phi) is 5.28. The Morgan fingerprint density at radius 1 is 1.19 bits per heavy atom. The lowest BCUT2D eigenvalue weighted by Crippen LogP contribution is -1.96. The van der Waals surface area contributed by atoms with E-state index < -0.39 is 5.97 Å². The molecule has 0 fully saturated rings. The zero-order chi connectivity index (χ0) is 18.5. The van der Waals surface area contributed by atoms with Crippen LogP contribution in [0, 0.1) is 0 Å². The third kappa shape index (κ3) is 4.06. The van der Waals surface area contributed by atoms with Gasteiger partial charge in [0.2, 0.25) is 5.89 Å². The first-order valence-electron chi connectivity index (χ1n) is 7.32. The summed E-state index contributed by atoms with van der Waals surface area (Å²) in [6.45, 7) is 0. The fourth-order valence-electron chi connectivity index (χ4n) is 2.03. The predicted molar refractivity (Wildman–Crippen MR) is 93.0 cm³/mol. The molecule has 0 spiro atoms. The Morgan fingerprint density at radius 3 is 2.50 bits per heavy atom. The van der Waals surface area contributed by atoms with Crippen molar-refractivity contribution in [3.8, 4) is 23.0 Å². The maximum absolute atomic E-state index is 11.4. The smallest absolute Gasteiger partial charge is 0.342 e. The Balaban J connectivity index is 1.86. The number of furan rings is 1. The number of carboxylic acids is 1. The first-order chi connectivity index (χ1) is 12.6. The van der Waals surface area contributed by atoms with Crippen LogP contribution in [-0.4, -0.2) is 35.5 Å². The topological polar surface area (TPSA) is 108 Å². The lowest BCUT2D eigenvalue weighted by Gasteiger charge is -2.05. The average molecular weight is 374 g/mol. The van der Waals surface area contributed by atoms with Crippen LogP contribution in [0.15, 0.2) is 55.6 Å². The number of hydrogen-bond donors (Lipinski definition) is 1. The Labute approximate surface area is 152 Å². The first-order valence-corrected chi connectivity index (χ1v) is 8.14. The van der Waals surface area contributed by atoms with Gasteiger partial charge in [0.1, 0.15) is 22.2 Å². The molecule has 0 saturated heterocycles. The summed E-state index contributed by atoms with van der Waals surface area (Å²) in [4.78, 5) is 11.4. The maximum atomic E-state index is 11.4. The van der Waals surface area contributed by atoms with Crippen molar-refractivity contribution in [2.75, 3.05) is 14.2 Å². The highest BCUT2D eigenvalue weighted by Crippen LogP contribution is 2.33. The molecule has 1 aromatic carbocycles. The second-order valence-electron chi connectivity index (χ2n) is 4.91. The molecule has 0 amide bonds. The molecule has 1 N–H and O–H groups in total. The van der Waals surface area contributed by atoms with E-state index >= 15 is 0 Å². The number of hydrogen-bond acceptors (Lipinski definition) is 8. The van der Waals surface area contributed by atoms with Gasteiger partial charge in [0.25, 0.3) is 5.22 Å². The van der Waals surface area contributed by atoms with Crippen molar-refractivity contribution in [2.24, 2.45) is 0 Å². The molecule has 0 aliphatic carbocycles. The number of aromatic nitrogens is 2. The second-order valence-corrected chi connectivity index (χ2v) is 5.90. The number of carboxylic acid groups (broad SMARTS) is 1. The van der Waals surface area contributed by atoms with Crippen LogP contribution in [0.5, 0.6) is 11.5 Å². The molecule has 0 bridgehead atoms. The van der Waals surface area contributed by atoms with Crippen LogP contribution >= 0.6 is 11.8 Å². The molecule has 0 aliphatic rings. The van der Waals surface area contributed by atoms with E-state index in [1.807, 2.05) is 0 Å². The minimum absolute atomic E-state index is 0.0154. The molecule has 134 valence electrons. The second kappa shape index (κ2) is 7.79. The minimum Gasteiger partial charge on any atom is -0.497 e. The highest BCUT2D eigenvalue weighted by Gasteiger charge is 2.17. The fourth-order valence-corrected chi connectivity index (χ4v) is 2.68. The van der Waals surface area contributed by atoms with Gasteiger partial charge >= 0.3 is 5.97 Å². The van der Waals surface area contributed by atoms with E-state index in [-0.39, 0.29) is 16.0 Å². The summed E-state index contributed by atoms with van der Waals surface area (Å²) in [6, 6.07) is 8.44. The average Bonchev–Trinajstić information content (AvgIpc) is 3.32. The molecule has 9 heteroatoms. The molecule has 2 heterocycles. The van der Waals surface area contributed by atoms with Crippen LogP contribution in [0.3, 0.4) is 0 Å². The summed E-state index contributed by atoms with van der Waals surface area (Å²) in [6.07, 6.45) is 2.84. The molecule has 3 rings (SSSR count). The van der Waals surface area contributed by atoms with Crippen molar-refractivity contribution >= 4 is 23.8 Å². The van der Waals surface area contributed by atoms with Gasteiger partial charge in [-0.15, -0.1) is 10.2 Å². The fraction of sp³-hybridized carbons (Fsp3) is 0.118. The lowest BCUT2D eigenvalue weighted by molar-refractivity contribution is -0.131. The van der Waals surface area contributed by atoms with Crippen LogP contribution in [0.25, 0.3) is 17.5 Å². The van der Waals surface area contributed by atoms with Crippen molar-refractivity contribution in [1.82, 2.24) is 10.2 Å². The van der Waals surface area contributed by atoms with E-state index in [0.29, 0.717) is 22.8 Å². The summed E-state index contributed by atoms with van der Waals surface area (Å²) in [5, 5.41) is 17.3. The highest BCUT2D eigenvalue weighted by molar-refractivity contribution is 8.03. The van der Waals surface area contributed by atoms with E-state index in [1.54, 1.807) is 30.3 Å². The number of ether oxygens (including phenoxy) is 2. The third-order valence-electron chi connectivity index (χ3n) is 3.23. The van der Waals surface area contributed by atoms with Crippen LogP contribution in [-0.2, 0) is 4.79 Å². The summed E-state index contributed by atoms with van der Waals surface area (Å²) in [5.41, 5.74) is 0.590. The Morgan fingerprint density at radius 2 is 1.92 bits per heavy atom. The van der Waals surface area contributed by atoms with E-state index in [9.17, 15) is 9.90 Å². The largest absolute Gasteiger partial charge is 0.497 e. The molecule has 2 aromatic heterocycles. The van der Waals surface area contributed by atoms with Gasteiger partial charge in [0.15, 0.2) is 0 Å². The lowest BCUT2D eigenvalue weighted by atomic mass is 10.2. The van der Waals surface area contributed by atoms with Crippen molar-refractivity contribution in [1.29, 1.82) is 0 Å².